The zero-order valence-electron chi connectivity index (χ0n) is 17.2. The van der Waals surface area contributed by atoms with Crippen molar-refractivity contribution in [1.82, 2.24) is 10.2 Å². The van der Waals surface area contributed by atoms with Crippen molar-refractivity contribution in [1.29, 1.82) is 0 Å². The summed E-state index contributed by atoms with van der Waals surface area (Å²) in [6.07, 6.45) is 3.81. The van der Waals surface area contributed by atoms with Gasteiger partial charge in [0, 0.05) is 24.7 Å². The Hall–Kier alpha value is -2.04. The van der Waals surface area contributed by atoms with Crippen molar-refractivity contribution in [2.45, 2.75) is 39.2 Å². The van der Waals surface area contributed by atoms with Crippen molar-refractivity contribution in [3.63, 3.8) is 0 Å². The highest BCUT2D eigenvalue weighted by Gasteiger charge is 2.25. The van der Waals surface area contributed by atoms with Crippen molar-refractivity contribution in [3.05, 3.63) is 64.7 Å². The van der Waals surface area contributed by atoms with Crippen LogP contribution in [-0.2, 0) is 17.8 Å². The van der Waals surface area contributed by atoms with Gasteiger partial charge >= 0.3 is 0 Å². The minimum Gasteiger partial charge on any atom is -0.494 e. The minimum atomic E-state index is 0.0574. The lowest BCUT2D eigenvalue weighted by atomic mass is 9.96. The molecule has 1 atom stereocenters. The lowest BCUT2D eigenvalue weighted by Crippen LogP contribution is -2.43. The van der Waals surface area contributed by atoms with Crippen LogP contribution in [-0.4, -0.2) is 37.0 Å². The van der Waals surface area contributed by atoms with Gasteiger partial charge in [0.15, 0.2) is 0 Å². The first-order chi connectivity index (χ1) is 14.2. The standard InChI is InChI=1S/C24H31ClN2O2/c1-2-29-23-14-6-4-9-19(23)11-7-15-26-24(28)21-12-8-16-27(18-21)17-20-10-3-5-13-22(20)25/h3-6,9-10,13-14,21H,2,7-8,11-12,15-18H2,1H3,(H,26,28)/t21-/m1/s1. The van der Waals surface area contributed by atoms with Crippen molar-refractivity contribution in [2.24, 2.45) is 5.92 Å². The second kappa shape index (κ2) is 11.2. The number of piperidine rings is 1. The summed E-state index contributed by atoms with van der Waals surface area (Å²) in [6, 6.07) is 16.1. The maximum Gasteiger partial charge on any atom is 0.224 e. The van der Waals surface area contributed by atoms with E-state index in [0.29, 0.717) is 13.2 Å². The maximum atomic E-state index is 12.7. The van der Waals surface area contributed by atoms with Crippen LogP contribution in [0.4, 0.5) is 0 Å². The van der Waals surface area contributed by atoms with Crippen LogP contribution in [0, 0.1) is 5.92 Å². The number of amides is 1. The zero-order chi connectivity index (χ0) is 20.5. The third-order valence-corrected chi connectivity index (χ3v) is 5.79. The third kappa shape index (κ3) is 6.48. The molecule has 1 aliphatic heterocycles. The molecule has 5 heteroatoms. The summed E-state index contributed by atoms with van der Waals surface area (Å²) in [4.78, 5) is 15.0. The highest BCUT2D eigenvalue weighted by molar-refractivity contribution is 6.31. The van der Waals surface area contributed by atoms with E-state index in [1.165, 1.54) is 5.56 Å². The summed E-state index contributed by atoms with van der Waals surface area (Å²) >= 11 is 6.29. The van der Waals surface area contributed by atoms with Crippen molar-refractivity contribution < 1.29 is 9.53 Å². The molecule has 2 aromatic carbocycles. The molecule has 0 aromatic heterocycles. The molecule has 156 valence electrons. The molecule has 0 saturated carbocycles. The normalized spacial score (nSPS) is 17.1. The van der Waals surface area contributed by atoms with Crippen LogP contribution >= 0.6 is 11.6 Å². The summed E-state index contributed by atoms with van der Waals surface area (Å²) in [5.41, 5.74) is 2.33. The Morgan fingerprint density at radius 3 is 2.72 bits per heavy atom. The largest absolute Gasteiger partial charge is 0.494 e. The molecule has 29 heavy (non-hydrogen) atoms. The topological polar surface area (TPSA) is 41.6 Å². The molecule has 1 heterocycles. The van der Waals surface area contributed by atoms with Gasteiger partial charge in [-0.3, -0.25) is 9.69 Å². The zero-order valence-corrected chi connectivity index (χ0v) is 18.0. The number of nitrogens with one attached hydrogen (secondary N) is 1. The molecule has 2 aromatic rings. The van der Waals surface area contributed by atoms with Gasteiger partial charge in [-0.15, -0.1) is 0 Å². The predicted octanol–water partition coefficient (Wildman–Crippen LogP) is 4.70. The molecule has 0 aliphatic carbocycles. The van der Waals surface area contributed by atoms with Gasteiger partial charge < -0.3 is 10.1 Å². The smallest absolute Gasteiger partial charge is 0.224 e. The van der Waals surface area contributed by atoms with Gasteiger partial charge in [0.1, 0.15) is 5.75 Å². The third-order valence-electron chi connectivity index (χ3n) is 5.42. The van der Waals surface area contributed by atoms with Gasteiger partial charge in [-0.25, -0.2) is 0 Å². The first kappa shape index (κ1) is 21.7. The summed E-state index contributed by atoms with van der Waals surface area (Å²) in [7, 11) is 0. The van der Waals surface area contributed by atoms with E-state index < -0.39 is 0 Å². The highest BCUT2D eigenvalue weighted by Crippen LogP contribution is 2.22. The highest BCUT2D eigenvalue weighted by atomic mass is 35.5. The number of halogens is 1. The number of likely N-dealkylation sites (tertiary alicyclic amines) is 1. The fourth-order valence-corrected chi connectivity index (χ4v) is 4.12. The molecule has 1 aliphatic rings. The van der Waals surface area contributed by atoms with E-state index in [9.17, 15) is 4.79 Å². The lowest BCUT2D eigenvalue weighted by Gasteiger charge is -2.32. The summed E-state index contributed by atoms with van der Waals surface area (Å²) < 4.78 is 5.68. The van der Waals surface area contributed by atoms with E-state index in [1.54, 1.807) is 0 Å². The average molecular weight is 415 g/mol. The predicted molar refractivity (Wildman–Crippen MR) is 118 cm³/mol. The number of carbonyl (C=O) groups excluding carboxylic acids is 1. The molecule has 1 N–H and O–H groups in total. The first-order valence-corrected chi connectivity index (χ1v) is 11.0. The lowest BCUT2D eigenvalue weighted by molar-refractivity contribution is -0.126. The number of nitrogens with zero attached hydrogens (tertiary/aromatic N) is 1. The number of hydrogen-bond acceptors (Lipinski definition) is 3. The van der Waals surface area contributed by atoms with Gasteiger partial charge in [0.2, 0.25) is 5.91 Å². The quantitative estimate of drug-likeness (QED) is 0.604. The minimum absolute atomic E-state index is 0.0574. The van der Waals surface area contributed by atoms with E-state index in [1.807, 2.05) is 43.3 Å². The average Bonchev–Trinajstić information content (AvgIpc) is 2.74. The molecule has 0 unspecified atom stereocenters. The molecule has 1 fully saturated rings. The monoisotopic (exact) mass is 414 g/mol. The van der Waals surface area contributed by atoms with Crippen LogP contribution in [0.5, 0.6) is 5.75 Å². The van der Waals surface area contributed by atoms with Crippen LogP contribution in [0.25, 0.3) is 0 Å². The summed E-state index contributed by atoms with van der Waals surface area (Å²) in [5, 5.41) is 3.94. The SMILES string of the molecule is CCOc1ccccc1CCCNC(=O)[C@@H]1CCCN(Cc2ccccc2Cl)C1. The summed E-state index contributed by atoms with van der Waals surface area (Å²) in [5.74, 6) is 1.18. The Morgan fingerprint density at radius 1 is 1.17 bits per heavy atom. The molecule has 1 amide bonds. The Balaban J connectivity index is 1.43. The molecular weight excluding hydrogens is 384 g/mol. The number of para-hydroxylation sites is 1. The molecule has 1 saturated heterocycles. The fraction of sp³-hybridized carbons (Fsp3) is 0.458. The maximum absolute atomic E-state index is 12.7. The number of rotatable bonds is 9. The second-order valence-electron chi connectivity index (χ2n) is 7.60. The number of carbonyl (C=O) groups is 1. The molecule has 0 spiro atoms. The van der Waals surface area contributed by atoms with Crippen LogP contribution in [0.2, 0.25) is 5.02 Å². The number of hydrogen-bond donors (Lipinski definition) is 1. The van der Waals surface area contributed by atoms with Gasteiger partial charge in [-0.1, -0.05) is 48.0 Å². The molecule has 4 nitrogen and oxygen atoms in total. The first-order valence-electron chi connectivity index (χ1n) is 10.6. The van der Waals surface area contributed by atoms with Crippen molar-refractivity contribution in [2.75, 3.05) is 26.2 Å². The van der Waals surface area contributed by atoms with E-state index in [2.05, 4.69) is 22.3 Å². The molecule has 0 bridgehead atoms. The summed E-state index contributed by atoms with van der Waals surface area (Å²) in [6.45, 7) is 5.97. The van der Waals surface area contributed by atoms with Crippen LogP contribution < -0.4 is 10.1 Å². The Bertz CT molecular complexity index is 796. The van der Waals surface area contributed by atoms with Gasteiger partial charge in [0.25, 0.3) is 0 Å². The van der Waals surface area contributed by atoms with Gasteiger partial charge in [0.05, 0.1) is 12.5 Å². The molecular formula is C24H31ClN2O2. The fourth-order valence-electron chi connectivity index (χ4n) is 3.92. The van der Waals surface area contributed by atoms with Gasteiger partial charge in [-0.05, 0) is 62.4 Å². The van der Waals surface area contributed by atoms with Crippen LogP contribution in [0.15, 0.2) is 48.5 Å². The van der Waals surface area contributed by atoms with Crippen molar-refractivity contribution >= 4 is 17.5 Å². The van der Waals surface area contributed by atoms with Gasteiger partial charge in [-0.2, -0.15) is 0 Å². The number of ether oxygens (including phenoxy) is 1. The van der Waals surface area contributed by atoms with E-state index >= 15 is 0 Å². The second-order valence-corrected chi connectivity index (χ2v) is 8.01. The van der Waals surface area contributed by atoms with E-state index in [-0.39, 0.29) is 11.8 Å². The van der Waals surface area contributed by atoms with Crippen LogP contribution in [0.1, 0.15) is 37.3 Å². The molecule has 0 radical (unpaired) electrons. The molecule has 3 rings (SSSR count). The van der Waals surface area contributed by atoms with Crippen LogP contribution in [0.3, 0.4) is 0 Å². The Kier molecular flexibility index (Phi) is 8.38. The Morgan fingerprint density at radius 2 is 1.93 bits per heavy atom. The number of benzene rings is 2. The van der Waals surface area contributed by atoms with E-state index in [4.69, 9.17) is 16.3 Å². The Labute approximate surface area is 179 Å². The van der Waals surface area contributed by atoms with Crippen molar-refractivity contribution in [3.8, 4) is 5.75 Å². The van der Waals surface area contributed by atoms with E-state index in [0.717, 1.165) is 61.7 Å². The number of aryl methyl sites for hydroxylation is 1.